The molecule has 1 aliphatic heterocycles. The molecule has 0 saturated heterocycles. The molecule has 2 heterocycles. The van der Waals surface area contributed by atoms with Crippen molar-refractivity contribution in [1.82, 2.24) is 14.3 Å². The molecular weight excluding hydrogens is 339 g/mol. The van der Waals surface area contributed by atoms with E-state index in [1.807, 2.05) is 19.1 Å². The van der Waals surface area contributed by atoms with Gasteiger partial charge < -0.3 is 10.2 Å². The highest BCUT2D eigenvalue weighted by Gasteiger charge is 2.47. The van der Waals surface area contributed by atoms with E-state index in [4.69, 9.17) is 0 Å². The maximum Gasteiger partial charge on any atom is 0.392 e. The predicted octanol–water partition coefficient (Wildman–Crippen LogP) is 1.38. The van der Waals surface area contributed by atoms with E-state index >= 15 is 0 Å². The molecule has 1 aromatic carbocycles. The number of hydrogen-bond donors (Lipinski definition) is 2. The van der Waals surface area contributed by atoms with E-state index in [1.165, 1.54) is 0 Å². The van der Waals surface area contributed by atoms with Gasteiger partial charge >= 0.3 is 11.9 Å². The Kier molecular flexibility index (Phi) is 4.46. The lowest BCUT2D eigenvalue weighted by Gasteiger charge is -2.31. The van der Waals surface area contributed by atoms with Gasteiger partial charge in [0.2, 0.25) is 0 Å². The fraction of sp³-hybridized carbons (Fsp3) is 0.500. The van der Waals surface area contributed by atoms with Crippen LogP contribution in [0.3, 0.4) is 0 Å². The molecule has 0 aliphatic carbocycles. The van der Waals surface area contributed by atoms with Crippen molar-refractivity contribution in [3.63, 3.8) is 0 Å². The minimum Gasteiger partial charge on any atom is -0.366 e. The molecule has 136 valence electrons. The molecule has 6 nitrogen and oxygen atoms in total. The minimum absolute atomic E-state index is 0.0798. The Labute approximate surface area is 141 Å². The summed E-state index contributed by atoms with van der Waals surface area (Å²) < 4.78 is 41.3. The lowest BCUT2D eigenvalue weighted by atomic mass is 9.91. The van der Waals surface area contributed by atoms with Gasteiger partial charge in [-0.2, -0.15) is 18.3 Å². The molecular formula is C16H18F3N3O3. The molecule has 0 saturated carbocycles. The Hall–Kier alpha value is -2.13. The van der Waals surface area contributed by atoms with Crippen molar-refractivity contribution in [3.8, 4) is 0 Å². The minimum atomic E-state index is -4.49. The van der Waals surface area contributed by atoms with Crippen LogP contribution in [0.5, 0.6) is 0 Å². The lowest BCUT2D eigenvalue weighted by molar-refractivity contribution is -0.191. The number of hydrogen-bond acceptors (Lipinski definition) is 4. The molecule has 2 unspecified atom stereocenters. The maximum absolute atomic E-state index is 13.1. The highest BCUT2D eigenvalue weighted by Crippen LogP contribution is 2.38. The van der Waals surface area contributed by atoms with Crippen LogP contribution in [-0.2, 0) is 13.0 Å². The van der Waals surface area contributed by atoms with Gasteiger partial charge in [0.1, 0.15) is 5.82 Å². The average Bonchev–Trinajstić information content (AvgIpc) is 2.84. The number of aromatic nitrogens is 3. The van der Waals surface area contributed by atoms with Crippen molar-refractivity contribution in [1.29, 1.82) is 0 Å². The summed E-state index contributed by atoms with van der Waals surface area (Å²) in [6, 6.07) is 5.95. The Morgan fingerprint density at radius 3 is 2.48 bits per heavy atom. The van der Waals surface area contributed by atoms with Crippen molar-refractivity contribution in [3.05, 3.63) is 51.7 Å². The van der Waals surface area contributed by atoms with Crippen LogP contribution >= 0.6 is 0 Å². The molecule has 2 N–H and O–H groups in total. The molecule has 2 atom stereocenters. The third-order valence-corrected chi connectivity index (χ3v) is 4.49. The molecule has 2 aromatic rings. The van der Waals surface area contributed by atoms with Gasteiger partial charge in [-0.05, 0) is 18.9 Å². The number of rotatable bonds is 3. The third-order valence-electron chi connectivity index (χ3n) is 4.49. The standard InChI is InChI=1S/C16H18F3N3O3/c1-9-2-4-10(5-3-9)8-21-15(25)22-12(14(23)24)6-11(16(17,18)19)7-13(22)20-21/h2-5,11-12,14,23-24H,6-8H2,1H3. The van der Waals surface area contributed by atoms with E-state index in [9.17, 15) is 28.2 Å². The molecule has 9 heteroatoms. The molecule has 0 radical (unpaired) electrons. The van der Waals surface area contributed by atoms with Gasteiger partial charge in [-0.25, -0.2) is 9.48 Å². The van der Waals surface area contributed by atoms with E-state index in [2.05, 4.69) is 5.10 Å². The molecule has 3 rings (SSSR count). The van der Waals surface area contributed by atoms with Gasteiger partial charge in [0.15, 0.2) is 6.29 Å². The fourth-order valence-corrected chi connectivity index (χ4v) is 3.11. The smallest absolute Gasteiger partial charge is 0.366 e. The van der Waals surface area contributed by atoms with Crippen LogP contribution in [0.4, 0.5) is 13.2 Å². The summed E-state index contributed by atoms with van der Waals surface area (Å²) in [6.45, 7) is 2.01. The van der Waals surface area contributed by atoms with Crippen LogP contribution in [0.25, 0.3) is 0 Å². The van der Waals surface area contributed by atoms with Crippen molar-refractivity contribution in [2.75, 3.05) is 0 Å². The number of aliphatic hydroxyl groups is 2. The first-order valence-corrected chi connectivity index (χ1v) is 7.83. The zero-order valence-electron chi connectivity index (χ0n) is 13.4. The summed E-state index contributed by atoms with van der Waals surface area (Å²) in [5.41, 5.74) is 1.17. The number of nitrogens with zero attached hydrogens (tertiary/aromatic N) is 3. The molecule has 0 spiro atoms. The number of alkyl halides is 3. The molecule has 0 fully saturated rings. The Bertz CT molecular complexity index is 809. The number of aryl methyl sites for hydroxylation is 1. The normalized spacial score (nSPS) is 20.8. The number of halogens is 3. The average molecular weight is 357 g/mol. The highest BCUT2D eigenvalue weighted by atomic mass is 19.4. The lowest BCUT2D eigenvalue weighted by Crippen LogP contribution is -2.42. The van der Waals surface area contributed by atoms with Gasteiger partial charge in [0.05, 0.1) is 18.5 Å². The van der Waals surface area contributed by atoms with Gasteiger partial charge in [0.25, 0.3) is 0 Å². The largest absolute Gasteiger partial charge is 0.392 e. The molecule has 0 amide bonds. The Morgan fingerprint density at radius 2 is 1.92 bits per heavy atom. The maximum atomic E-state index is 13.1. The fourth-order valence-electron chi connectivity index (χ4n) is 3.11. The molecule has 25 heavy (non-hydrogen) atoms. The van der Waals surface area contributed by atoms with E-state index in [-0.39, 0.29) is 12.4 Å². The Balaban J connectivity index is 1.97. The zero-order chi connectivity index (χ0) is 18.4. The van der Waals surface area contributed by atoms with Gasteiger partial charge in [-0.3, -0.25) is 4.57 Å². The third kappa shape index (κ3) is 3.47. The topological polar surface area (TPSA) is 80.3 Å². The zero-order valence-corrected chi connectivity index (χ0v) is 13.4. The molecule has 1 aliphatic rings. The SMILES string of the molecule is Cc1ccc(Cn2nc3n(c2=O)C(C(O)O)CC(C(F)(F)F)C3)cc1. The first kappa shape index (κ1) is 17.7. The van der Waals surface area contributed by atoms with Crippen LogP contribution < -0.4 is 5.69 Å². The van der Waals surface area contributed by atoms with Crippen molar-refractivity contribution >= 4 is 0 Å². The summed E-state index contributed by atoms with van der Waals surface area (Å²) in [5, 5.41) is 22.9. The van der Waals surface area contributed by atoms with Gasteiger partial charge in [0, 0.05) is 6.42 Å². The van der Waals surface area contributed by atoms with Crippen LogP contribution in [-0.4, -0.2) is 37.0 Å². The second-order valence-corrected chi connectivity index (χ2v) is 6.37. The monoisotopic (exact) mass is 357 g/mol. The second-order valence-electron chi connectivity index (χ2n) is 6.37. The first-order valence-electron chi connectivity index (χ1n) is 7.83. The quantitative estimate of drug-likeness (QED) is 0.814. The van der Waals surface area contributed by atoms with Crippen LogP contribution in [0.1, 0.15) is 29.4 Å². The summed E-state index contributed by atoms with van der Waals surface area (Å²) >= 11 is 0. The van der Waals surface area contributed by atoms with E-state index in [1.54, 1.807) is 12.1 Å². The first-order chi connectivity index (χ1) is 11.7. The van der Waals surface area contributed by atoms with Crippen LogP contribution in [0, 0.1) is 12.8 Å². The van der Waals surface area contributed by atoms with E-state index < -0.39 is 43.0 Å². The van der Waals surface area contributed by atoms with Crippen molar-refractivity contribution in [2.24, 2.45) is 5.92 Å². The second kappa shape index (κ2) is 6.30. The molecule has 1 aromatic heterocycles. The summed E-state index contributed by atoms with van der Waals surface area (Å²) in [5.74, 6) is -1.84. The van der Waals surface area contributed by atoms with Crippen molar-refractivity contribution < 1.29 is 23.4 Å². The predicted molar refractivity (Wildman–Crippen MR) is 81.9 cm³/mol. The van der Waals surface area contributed by atoms with E-state index in [0.717, 1.165) is 20.4 Å². The van der Waals surface area contributed by atoms with Gasteiger partial charge in [-0.15, -0.1) is 0 Å². The van der Waals surface area contributed by atoms with Crippen molar-refractivity contribution in [2.45, 2.75) is 44.8 Å². The summed E-state index contributed by atoms with van der Waals surface area (Å²) in [6.07, 6.45) is -7.58. The van der Waals surface area contributed by atoms with E-state index in [0.29, 0.717) is 0 Å². The van der Waals surface area contributed by atoms with Gasteiger partial charge in [-0.1, -0.05) is 29.8 Å². The van der Waals surface area contributed by atoms with Crippen LogP contribution in [0.15, 0.2) is 29.1 Å². The molecule has 0 bridgehead atoms. The number of benzene rings is 1. The summed E-state index contributed by atoms with van der Waals surface area (Å²) in [7, 11) is 0. The highest BCUT2D eigenvalue weighted by molar-refractivity contribution is 5.21. The number of fused-ring (bicyclic) bond motifs is 1. The van der Waals surface area contributed by atoms with Crippen LogP contribution in [0.2, 0.25) is 0 Å². The Morgan fingerprint density at radius 1 is 1.28 bits per heavy atom. The summed E-state index contributed by atoms with van der Waals surface area (Å²) in [4.78, 5) is 12.5. The number of aliphatic hydroxyl groups excluding tert-OH is 1.